The third-order valence-corrected chi connectivity index (χ3v) is 5.64. The molecule has 2 rings (SSSR count). The summed E-state index contributed by atoms with van der Waals surface area (Å²) < 4.78 is 64.2. The highest BCUT2D eigenvalue weighted by Crippen LogP contribution is 2.42. The van der Waals surface area contributed by atoms with Crippen LogP contribution in [-0.4, -0.2) is 37.0 Å². The Balaban J connectivity index is 2.18. The predicted molar refractivity (Wildman–Crippen MR) is 65.4 cm³/mol. The Labute approximate surface area is 118 Å². The summed E-state index contributed by atoms with van der Waals surface area (Å²) in [6, 6.07) is 0. The number of amides is 1. The zero-order valence-corrected chi connectivity index (χ0v) is 12.1. The maximum Gasteiger partial charge on any atom is 0.453 e. The minimum absolute atomic E-state index is 0.205. The van der Waals surface area contributed by atoms with Gasteiger partial charge >= 0.3 is 6.18 Å². The molecule has 1 heterocycles. The van der Waals surface area contributed by atoms with Crippen LogP contribution in [0.4, 0.5) is 13.2 Å². The van der Waals surface area contributed by atoms with E-state index in [2.05, 4.69) is 15.0 Å². The lowest BCUT2D eigenvalue weighted by Gasteiger charge is -2.14. The number of rotatable bonds is 4. The summed E-state index contributed by atoms with van der Waals surface area (Å²) in [5.41, 5.74) is -0.921. The summed E-state index contributed by atoms with van der Waals surface area (Å²) in [4.78, 5) is 11.9. The molecule has 1 aliphatic carbocycles. The van der Waals surface area contributed by atoms with E-state index < -0.39 is 38.0 Å². The third kappa shape index (κ3) is 2.89. The Bertz CT molecular complexity index is 674. The van der Waals surface area contributed by atoms with Gasteiger partial charge in [-0.25, -0.2) is 8.42 Å². The first kappa shape index (κ1) is 15.8. The lowest BCUT2D eigenvalue weighted by atomic mass is 10.1. The SMILES string of the molecule is Cc1noc(C(F)(F)F)c1C(=O)NCC1(S(C)(=O)=O)CC1. The van der Waals surface area contributed by atoms with Gasteiger partial charge in [-0.05, 0) is 19.8 Å². The van der Waals surface area contributed by atoms with Gasteiger partial charge in [0.1, 0.15) is 5.56 Å². The second kappa shape index (κ2) is 4.72. The van der Waals surface area contributed by atoms with Gasteiger partial charge in [-0.3, -0.25) is 4.79 Å². The largest absolute Gasteiger partial charge is 0.453 e. The quantitative estimate of drug-likeness (QED) is 0.901. The van der Waals surface area contributed by atoms with Gasteiger partial charge in [0.2, 0.25) is 0 Å². The maximum atomic E-state index is 12.7. The maximum absolute atomic E-state index is 12.7. The molecule has 0 unspecified atom stereocenters. The van der Waals surface area contributed by atoms with E-state index in [1.54, 1.807) is 0 Å². The van der Waals surface area contributed by atoms with Gasteiger partial charge in [-0.2, -0.15) is 13.2 Å². The molecular weight excluding hydrogens is 313 g/mol. The van der Waals surface area contributed by atoms with Gasteiger partial charge in [-0.15, -0.1) is 0 Å². The van der Waals surface area contributed by atoms with E-state index in [4.69, 9.17) is 0 Å². The van der Waals surface area contributed by atoms with Gasteiger partial charge in [0.05, 0.1) is 10.4 Å². The van der Waals surface area contributed by atoms with Crippen LogP contribution < -0.4 is 5.32 Å². The molecule has 6 nitrogen and oxygen atoms in total. The first-order valence-corrected chi connectivity index (χ1v) is 7.88. The molecule has 1 aliphatic rings. The lowest BCUT2D eigenvalue weighted by molar-refractivity contribution is -0.155. The van der Waals surface area contributed by atoms with E-state index in [9.17, 15) is 26.4 Å². The van der Waals surface area contributed by atoms with E-state index in [0.29, 0.717) is 12.8 Å². The van der Waals surface area contributed by atoms with Gasteiger partial charge < -0.3 is 9.84 Å². The molecule has 1 aromatic rings. The Hall–Kier alpha value is -1.58. The number of carbonyl (C=O) groups excluding carboxylic acids is 1. The van der Waals surface area contributed by atoms with Crippen LogP contribution in [0.5, 0.6) is 0 Å². The molecule has 0 saturated heterocycles. The molecule has 1 aromatic heterocycles. The fourth-order valence-electron chi connectivity index (χ4n) is 1.98. The fourth-order valence-corrected chi connectivity index (χ4v) is 3.16. The highest BCUT2D eigenvalue weighted by Gasteiger charge is 2.52. The van der Waals surface area contributed by atoms with E-state index in [-0.39, 0.29) is 12.2 Å². The van der Waals surface area contributed by atoms with Crippen LogP contribution in [0.3, 0.4) is 0 Å². The molecule has 0 bridgehead atoms. The van der Waals surface area contributed by atoms with Crippen molar-refractivity contribution < 1.29 is 30.9 Å². The fraction of sp³-hybridized carbons (Fsp3) is 0.636. The normalized spacial score (nSPS) is 17.6. The average Bonchev–Trinajstić information content (AvgIpc) is 3.01. The summed E-state index contributed by atoms with van der Waals surface area (Å²) in [7, 11) is -3.38. The Morgan fingerprint density at radius 2 is 2.00 bits per heavy atom. The number of carbonyl (C=O) groups is 1. The van der Waals surface area contributed by atoms with E-state index >= 15 is 0 Å². The van der Waals surface area contributed by atoms with Crippen LogP contribution in [-0.2, 0) is 16.0 Å². The number of halogens is 3. The van der Waals surface area contributed by atoms with E-state index in [0.717, 1.165) is 6.26 Å². The van der Waals surface area contributed by atoms with Crippen LogP contribution in [0, 0.1) is 6.92 Å². The van der Waals surface area contributed by atoms with Crippen molar-refractivity contribution in [3.8, 4) is 0 Å². The zero-order valence-electron chi connectivity index (χ0n) is 11.2. The highest BCUT2D eigenvalue weighted by molar-refractivity contribution is 7.92. The van der Waals surface area contributed by atoms with Crippen molar-refractivity contribution in [1.29, 1.82) is 0 Å². The van der Waals surface area contributed by atoms with Crippen molar-refractivity contribution in [2.45, 2.75) is 30.7 Å². The molecular formula is C11H13F3N2O4S. The Morgan fingerprint density at radius 1 is 1.43 bits per heavy atom. The van der Waals surface area contributed by atoms with Crippen molar-refractivity contribution in [1.82, 2.24) is 10.5 Å². The van der Waals surface area contributed by atoms with Crippen molar-refractivity contribution in [3.63, 3.8) is 0 Å². The monoisotopic (exact) mass is 326 g/mol. The molecule has 0 aromatic carbocycles. The number of sulfone groups is 1. The number of aromatic nitrogens is 1. The summed E-state index contributed by atoms with van der Waals surface area (Å²) in [5, 5.41) is 5.37. The van der Waals surface area contributed by atoms with Crippen molar-refractivity contribution in [2.24, 2.45) is 0 Å². The minimum Gasteiger partial charge on any atom is -0.351 e. The molecule has 21 heavy (non-hydrogen) atoms. The number of nitrogens with zero attached hydrogens (tertiary/aromatic N) is 1. The molecule has 10 heteroatoms. The summed E-state index contributed by atoms with van der Waals surface area (Å²) in [5.74, 6) is -2.53. The molecule has 1 fully saturated rings. The highest BCUT2D eigenvalue weighted by atomic mass is 32.2. The summed E-state index contributed by atoms with van der Waals surface area (Å²) in [6.07, 6.45) is -3.05. The number of alkyl halides is 3. The minimum atomic E-state index is -4.85. The van der Waals surface area contributed by atoms with Crippen LogP contribution in [0.2, 0.25) is 0 Å². The van der Waals surface area contributed by atoms with Gasteiger partial charge in [0.15, 0.2) is 9.84 Å². The summed E-state index contributed by atoms with van der Waals surface area (Å²) >= 11 is 0. The number of aryl methyl sites for hydroxylation is 1. The van der Waals surface area contributed by atoms with Crippen molar-refractivity contribution >= 4 is 15.7 Å². The molecule has 1 saturated carbocycles. The standard InChI is InChI=1S/C11H13F3N2O4S/c1-6-7(8(20-16-6)11(12,13)14)9(17)15-5-10(3-4-10)21(2,18)19/h3-5H2,1-2H3,(H,15,17). The predicted octanol–water partition coefficient (Wildman–Crippen LogP) is 1.31. The van der Waals surface area contributed by atoms with E-state index in [1.807, 2.05) is 0 Å². The second-order valence-corrected chi connectivity index (χ2v) is 7.52. The zero-order chi connectivity index (χ0) is 16.1. The smallest absolute Gasteiger partial charge is 0.351 e. The van der Waals surface area contributed by atoms with Crippen LogP contribution >= 0.6 is 0 Å². The first-order chi connectivity index (χ1) is 9.48. The molecule has 1 N–H and O–H groups in total. The van der Waals surface area contributed by atoms with Gasteiger partial charge in [0.25, 0.3) is 11.7 Å². The molecule has 118 valence electrons. The second-order valence-electron chi connectivity index (χ2n) is 5.11. The van der Waals surface area contributed by atoms with E-state index in [1.165, 1.54) is 6.92 Å². The third-order valence-electron chi connectivity index (χ3n) is 3.51. The summed E-state index contributed by atoms with van der Waals surface area (Å²) in [6.45, 7) is 0.976. The van der Waals surface area contributed by atoms with Gasteiger partial charge in [-0.1, -0.05) is 5.16 Å². The number of hydrogen-bond acceptors (Lipinski definition) is 5. The lowest BCUT2D eigenvalue weighted by Crippen LogP contribution is -2.38. The average molecular weight is 326 g/mol. The number of nitrogens with one attached hydrogen (secondary N) is 1. The Kier molecular flexibility index (Phi) is 3.55. The number of hydrogen-bond donors (Lipinski definition) is 1. The van der Waals surface area contributed by atoms with Crippen LogP contribution in [0.1, 0.15) is 34.7 Å². The van der Waals surface area contributed by atoms with Crippen LogP contribution in [0.15, 0.2) is 4.52 Å². The topological polar surface area (TPSA) is 89.3 Å². The molecule has 1 amide bonds. The molecule has 0 aliphatic heterocycles. The first-order valence-electron chi connectivity index (χ1n) is 5.99. The van der Waals surface area contributed by atoms with Crippen molar-refractivity contribution in [2.75, 3.05) is 12.8 Å². The molecule has 0 atom stereocenters. The van der Waals surface area contributed by atoms with Gasteiger partial charge in [0, 0.05) is 12.8 Å². The van der Waals surface area contributed by atoms with Crippen molar-refractivity contribution in [3.05, 3.63) is 17.0 Å². The molecule has 0 spiro atoms. The Morgan fingerprint density at radius 3 is 2.43 bits per heavy atom. The molecule has 0 radical (unpaired) electrons. The van der Waals surface area contributed by atoms with Crippen LogP contribution in [0.25, 0.3) is 0 Å².